The summed E-state index contributed by atoms with van der Waals surface area (Å²) in [6, 6.07) is 7.27. The Hall–Kier alpha value is -3.49. The smallest absolute Gasteiger partial charge is 0.251 e. The molecular formula is C19H23N7O2. The Kier molecular flexibility index (Phi) is 6.15. The Morgan fingerprint density at radius 3 is 2.86 bits per heavy atom. The van der Waals surface area contributed by atoms with Gasteiger partial charge in [-0.05, 0) is 24.1 Å². The number of carbonyl (C=O) groups is 2. The fraction of sp³-hybridized carbons (Fsp3) is 0.316. The second-order valence-corrected chi connectivity index (χ2v) is 6.30. The van der Waals surface area contributed by atoms with Gasteiger partial charge in [0.1, 0.15) is 12.9 Å². The van der Waals surface area contributed by atoms with Gasteiger partial charge in [-0.15, -0.1) is 10.2 Å². The van der Waals surface area contributed by atoms with Crippen molar-refractivity contribution in [1.82, 2.24) is 35.2 Å². The lowest BCUT2D eigenvalue weighted by Crippen LogP contribution is -2.24. The zero-order valence-electron chi connectivity index (χ0n) is 15.9. The van der Waals surface area contributed by atoms with Gasteiger partial charge in [0.05, 0.1) is 12.7 Å². The van der Waals surface area contributed by atoms with Gasteiger partial charge in [-0.3, -0.25) is 14.3 Å². The van der Waals surface area contributed by atoms with Crippen LogP contribution in [-0.4, -0.2) is 43.4 Å². The van der Waals surface area contributed by atoms with Gasteiger partial charge in [0.25, 0.3) is 5.91 Å². The SMILES string of the molecule is CCCn1cnnc1CNC(=O)c1cccc(-c2cnn(CC(=O)NC)c2)c1. The van der Waals surface area contributed by atoms with E-state index >= 15 is 0 Å². The van der Waals surface area contributed by atoms with Gasteiger partial charge < -0.3 is 15.2 Å². The minimum Gasteiger partial charge on any atom is -0.358 e. The van der Waals surface area contributed by atoms with Gasteiger partial charge >= 0.3 is 0 Å². The van der Waals surface area contributed by atoms with Gasteiger partial charge in [0.15, 0.2) is 5.82 Å². The number of nitrogens with zero attached hydrogens (tertiary/aromatic N) is 5. The molecule has 9 nitrogen and oxygen atoms in total. The number of likely N-dealkylation sites (N-methyl/N-ethyl adjacent to an activating group) is 1. The Labute approximate surface area is 162 Å². The van der Waals surface area contributed by atoms with Crippen molar-refractivity contribution in [2.24, 2.45) is 0 Å². The molecule has 0 aliphatic heterocycles. The summed E-state index contributed by atoms with van der Waals surface area (Å²) in [6.45, 7) is 3.35. The van der Waals surface area contributed by atoms with E-state index in [0.29, 0.717) is 12.1 Å². The molecule has 0 aliphatic carbocycles. The number of amides is 2. The Bertz CT molecular complexity index is 961. The fourth-order valence-electron chi connectivity index (χ4n) is 2.77. The molecule has 1 aromatic carbocycles. The zero-order chi connectivity index (χ0) is 19.9. The van der Waals surface area contributed by atoms with Crippen molar-refractivity contribution >= 4 is 11.8 Å². The van der Waals surface area contributed by atoms with Crippen molar-refractivity contribution in [3.05, 3.63) is 54.4 Å². The number of nitrogens with one attached hydrogen (secondary N) is 2. The van der Waals surface area contributed by atoms with Gasteiger partial charge in [-0.1, -0.05) is 19.1 Å². The number of carbonyl (C=O) groups excluding carboxylic acids is 2. The van der Waals surface area contributed by atoms with Crippen molar-refractivity contribution in [1.29, 1.82) is 0 Å². The molecule has 0 atom stereocenters. The van der Waals surface area contributed by atoms with E-state index in [2.05, 4.69) is 32.9 Å². The molecule has 0 saturated heterocycles. The molecule has 0 spiro atoms. The normalized spacial score (nSPS) is 10.6. The molecule has 3 aromatic rings. The molecule has 0 aliphatic rings. The van der Waals surface area contributed by atoms with Crippen LogP contribution in [0.2, 0.25) is 0 Å². The first kappa shape index (κ1) is 19.3. The van der Waals surface area contributed by atoms with E-state index in [1.165, 1.54) is 0 Å². The lowest BCUT2D eigenvalue weighted by Gasteiger charge is -2.08. The van der Waals surface area contributed by atoms with E-state index < -0.39 is 0 Å². The molecular weight excluding hydrogens is 358 g/mol. The predicted molar refractivity (Wildman–Crippen MR) is 103 cm³/mol. The highest BCUT2D eigenvalue weighted by atomic mass is 16.2. The largest absolute Gasteiger partial charge is 0.358 e. The molecule has 0 bridgehead atoms. The third kappa shape index (κ3) is 4.61. The van der Waals surface area contributed by atoms with Crippen LogP contribution >= 0.6 is 0 Å². The average Bonchev–Trinajstić information content (AvgIpc) is 3.36. The monoisotopic (exact) mass is 381 g/mol. The second-order valence-electron chi connectivity index (χ2n) is 6.30. The topological polar surface area (TPSA) is 107 Å². The predicted octanol–water partition coefficient (Wildman–Crippen LogP) is 1.23. The standard InChI is InChI=1S/C19H23N7O2/c1-3-7-25-13-22-24-17(25)10-21-19(28)15-6-4-5-14(8-15)16-9-23-26(11-16)12-18(27)20-2/h4-6,8-9,11,13H,3,7,10,12H2,1-2H3,(H,20,27)(H,21,28). The molecule has 0 fully saturated rings. The lowest BCUT2D eigenvalue weighted by atomic mass is 10.1. The van der Waals surface area contributed by atoms with E-state index in [1.807, 2.05) is 16.7 Å². The van der Waals surface area contributed by atoms with Crippen LogP contribution in [0.25, 0.3) is 11.1 Å². The molecule has 0 radical (unpaired) electrons. The van der Waals surface area contributed by atoms with Crippen LogP contribution < -0.4 is 10.6 Å². The van der Waals surface area contributed by atoms with Crippen LogP contribution in [0.4, 0.5) is 0 Å². The van der Waals surface area contributed by atoms with Crippen LogP contribution in [0.5, 0.6) is 0 Å². The Balaban J connectivity index is 1.68. The summed E-state index contributed by atoms with van der Waals surface area (Å²) in [5.41, 5.74) is 2.23. The van der Waals surface area contributed by atoms with Gasteiger partial charge in [0.2, 0.25) is 5.91 Å². The van der Waals surface area contributed by atoms with Crippen molar-refractivity contribution in [2.75, 3.05) is 7.05 Å². The molecule has 28 heavy (non-hydrogen) atoms. The summed E-state index contributed by atoms with van der Waals surface area (Å²) in [6.07, 6.45) is 6.09. The Morgan fingerprint density at radius 2 is 2.07 bits per heavy atom. The highest BCUT2D eigenvalue weighted by Gasteiger charge is 2.11. The van der Waals surface area contributed by atoms with Crippen molar-refractivity contribution in [3.63, 3.8) is 0 Å². The second kappa shape index (κ2) is 8.94. The first-order valence-corrected chi connectivity index (χ1v) is 9.09. The van der Waals surface area contributed by atoms with E-state index in [1.54, 1.807) is 42.6 Å². The summed E-state index contributed by atoms with van der Waals surface area (Å²) in [7, 11) is 1.58. The van der Waals surface area contributed by atoms with Crippen molar-refractivity contribution in [2.45, 2.75) is 33.0 Å². The summed E-state index contributed by atoms with van der Waals surface area (Å²) in [4.78, 5) is 24.0. The number of benzene rings is 1. The number of hydrogen-bond acceptors (Lipinski definition) is 5. The quantitative estimate of drug-likeness (QED) is 0.610. The minimum absolute atomic E-state index is 0.126. The molecule has 0 saturated carbocycles. The maximum Gasteiger partial charge on any atom is 0.251 e. The van der Waals surface area contributed by atoms with Crippen molar-refractivity contribution in [3.8, 4) is 11.1 Å². The fourth-order valence-corrected chi connectivity index (χ4v) is 2.77. The van der Waals surface area contributed by atoms with E-state index in [4.69, 9.17) is 0 Å². The third-order valence-corrected chi connectivity index (χ3v) is 4.24. The highest BCUT2D eigenvalue weighted by molar-refractivity contribution is 5.95. The number of hydrogen-bond donors (Lipinski definition) is 2. The van der Waals surface area contributed by atoms with Crippen LogP contribution in [0.3, 0.4) is 0 Å². The van der Waals surface area contributed by atoms with Crippen LogP contribution in [0.1, 0.15) is 29.5 Å². The molecule has 2 N–H and O–H groups in total. The first-order chi connectivity index (χ1) is 13.6. The van der Waals surface area contributed by atoms with Gasteiger partial charge in [-0.25, -0.2) is 0 Å². The Morgan fingerprint density at radius 1 is 1.21 bits per heavy atom. The summed E-state index contributed by atoms with van der Waals surface area (Å²) >= 11 is 0. The average molecular weight is 381 g/mol. The van der Waals surface area contributed by atoms with Crippen LogP contribution in [-0.2, 0) is 24.4 Å². The zero-order valence-corrected chi connectivity index (χ0v) is 15.9. The van der Waals surface area contributed by atoms with Crippen LogP contribution in [0, 0.1) is 0 Å². The summed E-state index contributed by atoms with van der Waals surface area (Å²) in [5.74, 6) is 0.409. The molecule has 2 heterocycles. The highest BCUT2D eigenvalue weighted by Crippen LogP contribution is 2.20. The summed E-state index contributed by atoms with van der Waals surface area (Å²) < 4.78 is 3.49. The third-order valence-electron chi connectivity index (χ3n) is 4.24. The molecule has 146 valence electrons. The van der Waals surface area contributed by atoms with E-state index in [9.17, 15) is 9.59 Å². The van der Waals surface area contributed by atoms with E-state index in [-0.39, 0.29) is 18.4 Å². The number of aryl methyl sites for hydroxylation is 1. The molecule has 3 rings (SSSR count). The van der Waals surface area contributed by atoms with Crippen molar-refractivity contribution < 1.29 is 9.59 Å². The first-order valence-electron chi connectivity index (χ1n) is 9.09. The summed E-state index contributed by atoms with van der Waals surface area (Å²) in [5, 5.41) is 17.6. The maximum absolute atomic E-state index is 12.5. The molecule has 9 heteroatoms. The van der Waals surface area contributed by atoms with Gasteiger partial charge in [-0.2, -0.15) is 5.10 Å². The molecule has 2 aromatic heterocycles. The van der Waals surface area contributed by atoms with Gasteiger partial charge in [0, 0.05) is 30.9 Å². The minimum atomic E-state index is -0.189. The number of rotatable bonds is 8. The molecule has 2 amide bonds. The molecule has 0 unspecified atom stereocenters. The number of aromatic nitrogens is 5. The van der Waals surface area contributed by atoms with Crippen LogP contribution in [0.15, 0.2) is 43.0 Å². The maximum atomic E-state index is 12.5. The van der Waals surface area contributed by atoms with E-state index in [0.717, 1.165) is 29.9 Å². The lowest BCUT2D eigenvalue weighted by molar-refractivity contribution is -0.121.